The van der Waals surface area contributed by atoms with Crippen LogP contribution in [-0.4, -0.2) is 26.0 Å². The van der Waals surface area contributed by atoms with E-state index in [0.717, 1.165) is 12.1 Å². The molecule has 1 rings (SSSR count). The first-order valence-corrected chi connectivity index (χ1v) is 6.50. The Balaban J connectivity index is 2.83. The van der Waals surface area contributed by atoms with E-state index in [9.17, 15) is 13.2 Å². The van der Waals surface area contributed by atoms with Crippen molar-refractivity contribution in [3.05, 3.63) is 29.3 Å². The van der Waals surface area contributed by atoms with Gasteiger partial charge in [0.25, 0.3) is 0 Å². The number of anilines is 1. The lowest BCUT2D eigenvalue weighted by Gasteiger charge is -2.18. The van der Waals surface area contributed by atoms with Crippen molar-refractivity contribution < 1.29 is 22.6 Å². The number of halogens is 3. The van der Waals surface area contributed by atoms with Gasteiger partial charge < -0.3 is 14.8 Å². The predicted octanol–water partition coefficient (Wildman–Crippen LogP) is 3.39. The van der Waals surface area contributed by atoms with Crippen molar-refractivity contribution in [1.29, 1.82) is 5.26 Å². The molecule has 0 saturated heterocycles. The first kappa shape index (κ1) is 17.3. The topological polar surface area (TPSA) is 54.3 Å². The van der Waals surface area contributed by atoms with Gasteiger partial charge in [0.2, 0.25) is 0 Å². The summed E-state index contributed by atoms with van der Waals surface area (Å²) in [5.74, 6) is 0. The van der Waals surface area contributed by atoms with Gasteiger partial charge in [-0.3, -0.25) is 0 Å². The summed E-state index contributed by atoms with van der Waals surface area (Å²) in [6.07, 6.45) is -5.10. The Labute approximate surface area is 121 Å². The van der Waals surface area contributed by atoms with E-state index in [4.69, 9.17) is 14.7 Å². The molecule has 1 N–H and O–H groups in total. The molecule has 0 aliphatic heterocycles. The quantitative estimate of drug-likeness (QED) is 0.784. The molecule has 0 saturated carbocycles. The van der Waals surface area contributed by atoms with E-state index >= 15 is 0 Å². The third-order valence-corrected chi connectivity index (χ3v) is 2.62. The van der Waals surface area contributed by atoms with Crippen molar-refractivity contribution in [1.82, 2.24) is 0 Å². The summed E-state index contributed by atoms with van der Waals surface area (Å²) in [5.41, 5.74) is -1.11. The van der Waals surface area contributed by atoms with Crippen LogP contribution in [0.5, 0.6) is 0 Å². The van der Waals surface area contributed by atoms with E-state index in [2.05, 4.69) is 5.32 Å². The molecular formula is C14H17F3N2O2. The molecule has 0 aromatic heterocycles. The van der Waals surface area contributed by atoms with Crippen molar-refractivity contribution in [3.63, 3.8) is 0 Å². The summed E-state index contributed by atoms with van der Waals surface area (Å²) in [6, 6.07) is 5.01. The van der Waals surface area contributed by atoms with Gasteiger partial charge in [-0.05, 0) is 32.0 Å². The highest BCUT2D eigenvalue weighted by molar-refractivity contribution is 5.53. The SMILES string of the molecule is CCOC(CNc1ccc(C#N)c(C(F)(F)F)c1)OCC. The van der Waals surface area contributed by atoms with Gasteiger partial charge in [-0.1, -0.05) is 0 Å². The van der Waals surface area contributed by atoms with Gasteiger partial charge in [0.15, 0.2) is 6.29 Å². The maximum absolute atomic E-state index is 12.8. The zero-order chi connectivity index (χ0) is 15.9. The molecule has 1 aromatic carbocycles. The van der Waals surface area contributed by atoms with Crippen molar-refractivity contribution in [3.8, 4) is 6.07 Å². The monoisotopic (exact) mass is 302 g/mol. The Bertz CT molecular complexity index is 492. The van der Waals surface area contributed by atoms with E-state index in [1.54, 1.807) is 13.8 Å². The second-order valence-electron chi connectivity index (χ2n) is 4.09. The number of ether oxygens (including phenoxy) is 2. The summed E-state index contributed by atoms with van der Waals surface area (Å²) in [5, 5.41) is 11.5. The molecule has 0 spiro atoms. The largest absolute Gasteiger partial charge is 0.417 e. The highest BCUT2D eigenvalue weighted by Gasteiger charge is 2.33. The van der Waals surface area contributed by atoms with Crippen LogP contribution in [0, 0.1) is 11.3 Å². The predicted molar refractivity (Wildman–Crippen MR) is 71.7 cm³/mol. The molecule has 0 amide bonds. The second kappa shape index (κ2) is 7.86. The van der Waals surface area contributed by atoms with Gasteiger partial charge in [0.05, 0.1) is 23.7 Å². The average molecular weight is 302 g/mol. The molecule has 116 valence electrons. The van der Waals surface area contributed by atoms with E-state index in [0.29, 0.717) is 13.2 Å². The average Bonchev–Trinajstić information content (AvgIpc) is 2.44. The summed E-state index contributed by atoms with van der Waals surface area (Å²) < 4.78 is 49.1. The van der Waals surface area contributed by atoms with Crippen LogP contribution in [0.3, 0.4) is 0 Å². The standard InChI is InChI=1S/C14H17F3N2O2/c1-3-20-13(21-4-2)9-19-11-6-5-10(8-18)12(7-11)14(15,16)17/h5-7,13,19H,3-4,9H2,1-2H3. The van der Waals surface area contributed by atoms with Crippen molar-refractivity contribution in [2.45, 2.75) is 26.3 Å². The zero-order valence-electron chi connectivity index (χ0n) is 11.8. The highest BCUT2D eigenvalue weighted by atomic mass is 19.4. The molecule has 21 heavy (non-hydrogen) atoms. The summed E-state index contributed by atoms with van der Waals surface area (Å²) in [6.45, 7) is 4.69. The fourth-order valence-electron chi connectivity index (χ4n) is 1.73. The minimum Gasteiger partial charge on any atom is -0.380 e. The van der Waals surface area contributed by atoms with Crippen LogP contribution < -0.4 is 5.32 Å². The van der Waals surface area contributed by atoms with Crippen molar-refractivity contribution in [2.75, 3.05) is 25.1 Å². The van der Waals surface area contributed by atoms with E-state index in [1.807, 2.05) is 0 Å². The Morgan fingerprint density at radius 3 is 2.33 bits per heavy atom. The first-order chi connectivity index (χ1) is 9.92. The lowest BCUT2D eigenvalue weighted by molar-refractivity contribution is -0.137. The molecule has 0 heterocycles. The summed E-state index contributed by atoms with van der Waals surface area (Å²) in [7, 11) is 0. The molecule has 0 radical (unpaired) electrons. The van der Waals surface area contributed by atoms with E-state index < -0.39 is 23.6 Å². The highest BCUT2D eigenvalue weighted by Crippen LogP contribution is 2.33. The van der Waals surface area contributed by atoms with Crippen LogP contribution in [-0.2, 0) is 15.7 Å². The number of rotatable bonds is 7. The molecule has 7 heteroatoms. The van der Waals surface area contributed by atoms with E-state index in [-0.39, 0.29) is 12.2 Å². The molecular weight excluding hydrogens is 285 g/mol. The van der Waals surface area contributed by atoms with Crippen molar-refractivity contribution in [2.24, 2.45) is 0 Å². The number of nitriles is 1. The fraction of sp³-hybridized carbons (Fsp3) is 0.500. The first-order valence-electron chi connectivity index (χ1n) is 6.50. The normalized spacial score (nSPS) is 11.5. The van der Waals surface area contributed by atoms with Gasteiger partial charge in [0.1, 0.15) is 0 Å². The van der Waals surface area contributed by atoms with Gasteiger partial charge in [-0.25, -0.2) is 0 Å². The summed E-state index contributed by atoms with van der Waals surface area (Å²) in [4.78, 5) is 0. The van der Waals surface area contributed by atoms with Crippen LogP contribution in [0.25, 0.3) is 0 Å². The molecule has 0 aliphatic carbocycles. The molecule has 0 bridgehead atoms. The van der Waals surface area contributed by atoms with Gasteiger partial charge in [0, 0.05) is 18.9 Å². The summed E-state index contributed by atoms with van der Waals surface area (Å²) >= 11 is 0. The molecule has 0 atom stereocenters. The molecule has 1 aromatic rings. The minimum atomic E-state index is -4.57. The van der Waals surface area contributed by atoms with Crippen LogP contribution in [0.4, 0.5) is 18.9 Å². The zero-order valence-corrected chi connectivity index (χ0v) is 11.8. The molecule has 0 fully saturated rings. The number of hydrogen-bond donors (Lipinski definition) is 1. The van der Waals surface area contributed by atoms with Crippen LogP contribution >= 0.6 is 0 Å². The Morgan fingerprint density at radius 2 is 1.86 bits per heavy atom. The van der Waals surface area contributed by atoms with Gasteiger partial charge >= 0.3 is 6.18 Å². The molecule has 0 aliphatic rings. The molecule has 0 unspecified atom stereocenters. The van der Waals surface area contributed by atoms with Crippen molar-refractivity contribution >= 4 is 5.69 Å². The van der Waals surface area contributed by atoms with Crippen LogP contribution in [0.15, 0.2) is 18.2 Å². The Hall–Kier alpha value is -1.78. The number of hydrogen-bond acceptors (Lipinski definition) is 4. The third-order valence-electron chi connectivity index (χ3n) is 2.62. The lowest BCUT2D eigenvalue weighted by Crippen LogP contribution is -2.26. The Kier molecular flexibility index (Phi) is 6.46. The smallest absolute Gasteiger partial charge is 0.380 e. The maximum Gasteiger partial charge on any atom is 0.417 e. The third kappa shape index (κ3) is 5.25. The Morgan fingerprint density at radius 1 is 1.24 bits per heavy atom. The lowest BCUT2D eigenvalue weighted by atomic mass is 10.1. The van der Waals surface area contributed by atoms with Crippen LogP contribution in [0.1, 0.15) is 25.0 Å². The maximum atomic E-state index is 12.8. The number of nitrogens with zero attached hydrogens (tertiary/aromatic N) is 1. The number of nitrogens with one attached hydrogen (secondary N) is 1. The number of benzene rings is 1. The van der Waals surface area contributed by atoms with E-state index in [1.165, 1.54) is 12.1 Å². The van der Waals surface area contributed by atoms with Gasteiger partial charge in [-0.15, -0.1) is 0 Å². The minimum absolute atomic E-state index is 0.213. The second-order valence-corrected chi connectivity index (χ2v) is 4.09. The number of alkyl halides is 3. The fourth-order valence-corrected chi connectivity index (χ4v) is 1.73. The molecule has 4 nitrogen and oxygen atoms in total. The van der Waals surface area contributed by atoms with Gasteiger partial charge in [-0.2, -0.15) is 18.4 Å². The van der Waals surface area contributed by atoms with Crippen LogP contribution in [0.2, 0.25) is 0 Å².